The van der Waals surface area contributed by atoms with Gasteiger partial charge < -0.3 is 9.47 Å². The summed E-state index contributed by atoms with van der Waals surface area (Å²) in [6.45, 7) is 3.10. The van der Waals surface area contributed by atoms with Gasteiger partial charge in [0.2, 0.25) is 5.91 Å². The highest BCUT2D eigenvalue weighted by Gasteiger charge is 2.13. The van der Waals surface area contributed by atoms with Crippen molar-refractivity contribution in [1.82, 2.24) is 5.43 Å². The standard InChI is InChI=1S/C20H21ClN2O3S/c1-2-17(15-5-8-18-19(11-15)26-10-9-25-18)22-23-20(24)13-27-12-14-3-6-16(21)7-4-14/h3-8,11H,2,9-10,12-13H2,1H3,(H,23,24)/b22-17-. The van der Waals surface area contributed by atoms with Crippen LogP contribution in [-0.4, -0.2) is 30.6 Å². The van der Waals surface area contributed by atoms with E-state index >= 15 is 0 Å². The molecule has 0 fully saturated rings. The zero-order valence-corrected chi connectivity index (χ0v) is 16.6. The number of carbonyl (C=O) groups excluding carboxylic acids is 1. The van der Waals surface area contributed by atoms with Crippen molar-refractivity contribution >= 4 is 35.0 Å². The van der Waals surface area contributed by atoms with E-state index in [4.69, 9.17) is 21.1 Å². The molecule has 0 spiro atoms. The van der Waals surface area contributed by atoms with Gasteiger partial charge in [0.05, 0.1) is 11.5 Å². The molecule has 2 aromatic rings. The average Bonchev–Trinajstić information content (AvgIpc) is 2.70. The predicted octanol–water partition coefficient (Wildman–Crippen LogP) is 4.27. The highest BCUT2D eigenvalue weighted by molar-refractivity contribution is 7.99. The predicted molar refractivity (Wildman–Crippen MR) is 110 cm³/mol. The average molecular weight is 405 g/mol. The van der Waals surface area contributed by atoms with Crippen molar-refractivity contribution in [3.8, 4) is 11.5 Å². The van der Waals surface area contributed by atoms with E-state index < -0.39 is 0 Å². The van der Waals surface area contributed by atoms with Crippen molar-refractivity contribution in [2.75, 3.05) is 19.0 Å². The molecule has 0 aromatic heterocycles. The minimum atomic E-state index is -0.127. The van der Waals surface area contributed by atoms with Gasteiger partial charge in [-0.1, -0.05) is 30.7 Å². The van der Waals surface area contributed by atoms with Gasteiger partial charge in [-0.05, 0) is 42.3 Å². The summed E-state index contributed by atoms with van der Waals surface area (Å²) >= 11 is 7.40. The Kier molecular flexibility index (Phi) is 7.01. The van der Waals surface area contributed by atoms with Crippen LogP contribution < -0.4 is 14.9 Å². The number of halogens is 1. The molecule has 1 N–H and O–H groups in total. The first-order valence-corrected chi connectivity index (χ1v) is 10.3. The molecule has 7 heteroatoms. The van der Waals surface area contributed by atoms with Gasteiger partial charge in [-0.2, -0.15) is 5.10 Å². The maximum Gasteiger partial charge on any atom is 0.250 e. The Labute approximate surface area is 168 Å². The van der Waals surface area contributed by atoms with Crippen LogP contribution in [0.15, 0.2) is 47.6 Å². The number of nitrogens with zero attached hydrogens (tertiary/aromatic N) is 1. The Morgan fingerprint density at radius 3 is 2.63 bits per heavy atom. The first-order valence-electron chi connectivity index (χ1n) is 8.73. The van der Waals surface area contributed by atoms with Crippen molar-refractivity contribution in [1.29, 1.82) is 0 Å². The number of fused-ring (bicyclic) bond motifs is 1. The maximum atomic E-state index is 12.1. The van der Waals surface area contributed by atoms with Crippen LogP contribution in [0.3, 0.4) is 0 Å². The zero-order valence-electron chi connectivity index (χ0n) is 15.0. The van der Waals surface area contributed by atoms with Crippen LogP contribution in [0.5, 0.6) is 11.5 Å². The molecule has 0 atom stereocenters. The molecule has 1 amide bonds. The molecule has 0 unspecified atom stereocenters. The lowest BCUT2D eigenvalue weighted by molar-refractivity contribution is -0.118. The van der Waals surface area contributed by atoms with E-state index in [1.807, 2.05) is 49.4 Å². The third kappa shape index (κ3) is 5.65. The van der Waals surface area contributed by atoms with Gasteiger partial charge in [0.25, 0.3) is 0 Å². The number of hydrogen-bond donors (Lipinski definition) is 1. The van der Waals surface area contributed by atoms with Crippen LogP contribution in [0.4, 0.5) is 0 Å². The lowest BCUT2D eigenvalue weighted by Crippen LogP contribution is -2.22. The zero-order chi connectivity index (χ0) is 19.1. The summed E-state index contributed by atoms with van der Waals surface area (Å²) in [6, 6.07) is 13.3. The Morgan fingerprint density at radius 1 is 1.15 bits per heavy atom. The van der Waals surface area contributed by atoms with Crippen LogP contribution in [0.2, 0.25) is 5.02 Å². The highest BCUT2D eigenvalue weighted by Crippen LogP contribution is 2.31. The Hall–Kier alpha value is -2.18. The second-order valence-corrected chi connectivity index (χ2v) is 7.35. The Bertz CT molecular complexity index is 824. The second kappa shape index (κ2) is 9.67. The molecule has 0 bridgehead atoms. The van der Waals surface area contributed by atoms with E-state index in [0.717, 1.165) is 28.3 Å². The van der Waals surface area contributed by atoms with E-state index in [2.05, 4.69) is 10.5 Å². The molecule has 5 nitrogen and oxygen atoms in total. The number of hydrazone groups is 1. The summed E-state index contributed by atoms with van der Waals surface area (Å²) < 4.78 is 11.1. The van der Waals surface area contributed by atoms with Gasteiger partial charge in [0.1, 0.15) is 13.2 Å². The van der Waals surface area contributed by atoms with Gasteiger partial charge in [-0.15, -0.1) is 11.8 Å². The molecule has 1 aliphatic heterocycles. The molecule has 0 aliphatic carbocycles. The van der Waals surface area contributed by atoms with Crippen molar-refractivity contribution in [2.45, 2.75) is 19.1 Å². The van der Waals surface area contributed by atoms with Gasteiger partial charge in [0.15, 0.2) is 11.5 Å². The first-order chi connectivity index (χ1) is 13.2. The summed E-state index contributed by atoms with van der Waals surface area (Å²) in [6.07, 6.45) is 0.692. The lowest BCUT2D eigenvalue weighted by atomic mass is 10.1. The third-order valence-electron chi connectivity index (χ3n) is 3.94. The number of hydrogen-bond acceptors (Lipinski definition) is 5. The number of ether oxygens (including phenoxy) is 2. The highest BCUT2D eigenvalue weighted by atomic mass is 35.5. The van der Waals surface area contributed by atoms with Crippen LogP contribution >= 0.6 is 23.4 Å². The minimum Gasteiger partial charge on any atom is -0.486 e. The van der Waals surface area contributed by atoms with E-state index in [0.29, 0.717) is 36.2 Å². The summed E-state index contributed by atoms with van der Waals surface area (Å²) in [5.74, 6) is 2.41. The van der Waals surface area contributed by atoms with Gasteiger partial charge in [-0.25, -0.2) is 5.43 Å². The fraction of sp³-hybridized carbons (Fsp3) is 0.300. The topological polar surface area (TPSA) is 59.9 Å². The first kappa shape index (κ1) is 19.6. The van der Waals surface area contributed by atoms with Crippen molar-refractivity contribution < 1.29 is 14.3 Å². The molecular formula is C20H21ClN2O3S. The fourth-order valence-electron chi connectivity index (χ4n) is 2.57. The largest absolute Gasteiger partial charge is 0.486 e. The van der Waals surface area contributed by atoms with Crippen LogP contribution in [0, 0.1) is 0 Å². The minimum absolute atomic E-state index is 0.127. The fourth-order valence-corrected chi connectivity index (χ4v) is 3.48. The van der Waals surface area contributed by atoms with E-state index in [1.54, 1.807) is 0 Å². The van der Waals surface area contributed by atoms with Crippen LogP contribution in [0.1, 0.15) is 24.5 Å². The van der Waals surface area contributed by atoms with E-state index in [-0.39, 0.29) is 5.91 Å². The third-order valence-corrected chi connectivity index (χ3v) is 5.20. The molecule has 142 valence electrons. The summed E-state index contributed by atoms with van der Waals surface area (Å²) in [5, 5.41) is 5.00. The quantitative estimate of drug-likeness (QED) is 0.552. The number of nitrogens with one attached hydrogen (secondary N) is 1. The molecule has 2 aromatic carbocycles. The van der Waals surface area contributed by atoms with Gasteiger partial charge >= 0.3 is 0 Å². The van der Waals surface area contributed by atoms with Crippen molar-refractivity contribution in [3.63, 3.8) is 0 Å². The SMILES string of the molecule is CC/C(=N/NC(=O)CSCc1ccc(Cl)cc1)c1ccc2c(c1)OCCO2. The number of rotatable bonds is 7. The van der Waals surface area contributed by atoms with Crippen LogP contribution in [-0.2, 0) is 10.5 Å². The molecule has 1 aliphatic rings. The van der Waals surface area contributed by atoms with Crippen LogP contribution in [0.25, 0.3) is 0 Å². The normalized spacial score (nSPS) is 13.3. The monoisotopic (exact) mass is 404 g/mol. The summed E-state index contributed by atoms with van der Waals surface area (Å²) in [7, 11) is 0. The Balaban J connectivity index is 1.53. The molecule has 3 rings (SSSR count). The number of thioether (sulfide) groups is 1. The molecular weight excluding hydrogens is 384 g/mol. The van der Waals surface area contributed by atoms with E-state index in [1.165, 1.54) is 11.8 Å². The maximum absolute atomic E-state index is 12.1. The van der Waals surface area contributed by atoms with Crippen molar-refractivity contribution in [2.24, 2.45) is 5.10 Å². The number of carbonyl (C=O) groups is 1. The second-order valence-electron chi connectivity index (χ2n) is 5.92. The molecule has 27 heavy (non-hydrogen) atoms. The number of benzene rings is 2. The molecule has 0 saturated heterocycles. The van der Waals surface area contributed by atoms with E-state index in [9.17, 15) is 4.79 Å². The van der Waals surface area contributed by atoms with Crippen molar-refractivity contribution in [3.05, 3.63) is 58.6 Å². The molecule has 0 saturated carbocycles. The smallest absolute Gasteiger partial charge is 0.250 e. The Morgan fingerprint density at radius 2 is 1.89 bits per heavy atom. The molecule has 0 radical (unpaired) electrons. The lowest BCUT2D eigenvalue weighted by Gasteiger charge is -2.19. The van der Waals surface area contributed by atoms with Gasteiger partial charge in [-0.3, -0.25) is 4.79 Å². The molecule has 1 heterocycles. The number of amides is 1. The van der Waals surface area contributed by atoms with Gasteiger partial charge in [0, 0.05) is 16.3 Å². The summed E-state index contributed by atoms with van der Waals surface area (Å²) in [4.78, 5) is 12.1. The summed E-state index contributed by atoms with van der Waals surface area (Å²) in [5.41, 5.74) is 5.48.